The summed E-state index contributed by atoms with van der Waals surface area (Å²) in [5.41, 5.74) is 2.35. The van der Waals surface area contributed by atoms with Crippen molar-refractivity contribution in [1.82, 2.24) is 14.9 Å². The number of nitrogens with one attached hydrogen (secondary N) is 1. The second kappa shape index (κ2) is 7.35. The highest BCUT2D eigenvalue weighted by Gasteiger charge is 2.10. The van der Waals surface area contributed by atoms with E-state index in [1.807, 2.05) is 25.1 Å². The third-order valence-electron chi connectivity index (χ3n) is 3.20. The number of aliphatic carboxylic acids is 1. The van der Waals surface area contributed by atoms with Crippen molar-refractivity contribution in [3.8, 4) is 11.4 Å². The zero-order chi connectivity index (χ0) is 16.8. The Balaban J connectivity index is 2.00. The maximum atomic E-state index is 11.9. The summed E-state index contributed by atoms with van der Waals surface area (Å²) in [6.45, 7) is 2.04. The lowest BCUT2D eigenvalue weighted by atomic mass is 10.2. The maximum Gasteiger partial charge on any atom is 0.321 e. The Morgan fingerprint density at radius 3 is 2.52 bits per heavy atom. The molecule has 0 unspecified atom stereocenters. The molecule has 1 aromatic heterocycles. The Kier molecular flexibility index (Phi) is 5.24. The molecule has 0 bridgehead atoms. The lowest BCUT2D eigenvalue weighted by molar-refractivity contribution is -0.137. The number of rotatable bonds is 5. The molecule has 0 spiro atoms. The predicted octanol–water partition coefficient (Wildman–Crippen LogP) is 2.39. The molecule has 0 fully saturated rings. The average molecular weight is 314 g/mol. The van der Waals surface area contributed by atoms with Gasteiger partial charge in [-0.2, -0.15) is 0 Å². The fourth-order valence-corrected chi connectivity index (χ4v) is 1.87. The fraction of sp³-hybridized carbons (Fsp3) is 0.250. The molecule has 7 heteroatoms. The van der Waals surface area contributed by atoms with Crippen LogP contribution in [0.1, 0.15) is 12.1 Å². The Morgan fingerprint density at radius 1 is 1.22 bits per heavy atom. The quantitative estimate of drug-likeness (QED) is 0.883. The number of carboxylic acids is 1. The molecule has 1 aromatic carbocycles. The van der Waals surface area contributed by atoms with Gasteiger partial charge in [0.25, 0.3) is 0 Å². The van der Waals surface area contributed by atoms with Crippen molar-refractivity contribution < 1.29 is 14.7 Å². The van der Waals surface area contributed by atoms with Crippen LogP contribution in [-0.2, 0) is 4.79 Å². The number of carboxylic acid groups (broad SMARTS) is 1. The molecular formula is C16H18N4O3. The van der Waals surface area contributed by atoms with Crippen molar-refractivity contribution in [3.63, 3.8) is 0 Å². The zero-order valence-electron chi connectivity index (χ0n) is 13.0. The van der Waals surface area contributed by atoms with Gasteiger partial charge in [0.05, 0.1) is 6.42 Å². The van der Waals surface area contributed by atoms with E-state index in [-0.39, 0.29) is 19.0 Å². The van der Waals surface area contributed by atoms with E-state index >= 15 is 0 Å². The van der Waals surface area contributed by atoms with Gasteiger partial charge in [-0.25, -0.2) is 14.8 Å². The number of aryl methyl sites for hydroxylation is 1. The standard InChI is InChI=1S/C16H18N4O3/c1-11-7-9-17-15(18-11)12-3-5-13(6-4-12)19-16(23)20(2)10-8-14(21)22/h3-7,9H,8,10H2,1-2H3,(H,19,23)(H,21,22). The SMILES string of the molecule is Cc1ccnc(-c2ccc(NC(=O)N(C)CCC(=O)O)cc2)n1. The number of anilines is 1. The van der Waals surface area contributed by atoms with Crippen molar-refractivity contribution in [1.29, 1.82) is 0 Å². The molecule has 2 N–H and O–H groups in total. The second-order valence-corrected chi connectivity index (χ2v) is 5.09. The van der Waals surface area contributed by atoms with E-state index in [1.54, 1.807) is 25.4 Å². The van der Waals surface area contributed by atoms with Crippen molar-refractivity contribution in [3.05, 3.63) is 42.2 Å². The number of carbonyl (C=O) groups is 2. The van der Waals surface area contributed by atoms with Gasteiger partial charge < -0.3 is 15.3 Å². The first-order valence-corrected chi connectivity index (χ1v) is 7.09. The van der Waals surface area contributed by atoms with Crippen LogP contribution in [0.2, 0.25) is 0 Å². The van der Waals surface area contributed by atoms with Gasteiger partial charge in [0, 0.05) is 36.7 Å². The molecule has 23 heavy (non-hydrogen) atoms. The van der Waals surface area contributed by atoms with Crippen LogP contribution in [0.3, 0.4) is 0 Å². The van der Waals surface area contributed by atoms with Gasteiger partial charge in [-0.15, -0.1) is 0 Å². The van der Waals surface area contributed by atoms with E-state index in [1.165, 1.54) is 4.90 Å². The molecule has 0 aliphatic rings. The molecule has 120 valence electrons. The van der Waals surface area contributed by atoms with E-state index in [4.69, 9.17) is 5.11 Å². The van der Waals surface area contributed by atoms with Gasteiger partial charge in [-0.1, -0.05) is 0 Å². The summed E-state index contributed by atoms with van der Waals surface area (Å²) in [5, 5.41) is 11.3. The van der Waals surface area contributed by atoms with E-state index in [0.29, 0.717) is 11.5 Å². The first-order chi connectivity index (χ1) is 11.0. The number of benzene rings is 1. The van der Waals surface area contributed by atoms with Crippen LogP contribution < -0.4 is 5.32 Å². The van der Waals surface area contributed by atoms with Crippen LogP contribution in [0.5, 0.6) is 0 Å². The largest absolute Gasteiger partial charge is 0.481 e. The normalized spacial score (nSPS) is 10.2. The van der Waals surface area contributed by atoms with Gasteiger partial charge in [0.15, 0.2) is 5.82 Å². The summed E-state index contributed by atoms with van der Waals surface area (Å²) in [4.78, 5) is 32.3. The topological polar surface area (TPSA) is 95.4 Å². The molecule has 0 saturated heterocycles. The van der Waals surface area contributed by atoms with Crippen LogP contribution in [0.4, 0.5) is 10.5 Å². The minimum atomic E-state index is -0.938. The van der Waals surface area contributed by atoms with Crippen LogP contribution in [0.25, 0.3) is 11.4 Å². The van der Waals surface area contributed by atoms with Gasteiger partial charge in [-0.3, -0.25) is 4.79 Å². The number of urea groups is 1. The molecule has 0 radical (unpaired) electrons. The van der Waals surface area contributed by atoms with Crippen molar-refractivity contribution in [2.45, 2.75) is 13.3 Å². The third-order valence-corrected chi connectivity index (χ3v) is 3.20. The number of aromatic nitrogens is 2. The van der Waals surface area contributed by atoms with Crippen LogP contribution in [0, 0.1) is 6.92 Å². The molecule has 0 aliphatic heterocycles. The number of hydrogen-bond acceptors (Lipinski definition) is 4. The molecule has 1 heterocycles. The van der Waals surface area contributed by atoms with E-state index in [9.17, 15) is 9.59 Å². The Labute approximate surface area is 134 Å². The molecule has 2 aromatic rings. The second-order valence-electron chi connectivity index (χ2n) is 5.09. The zero-order valence-corrected chi connectivity index (χ0v) is 13.0. The molecule has 0 saturated carbocycles. The summed E-state index contributed by atoms with van der Waals surface area (Å²) < 4.78 is 0. The van der Waals surface area contributed by atoms with E-state index < -0.39 is 5.97 Å². The Bertz CT molecular complexity index is 701. The van der Waals surface area contributed by atoms with Crippen LogP contribution in [0.15, 0.2) is 36.5 Å². The van der Waals surface area contributed by atoms with Crippen LogP contribution >= 0.6 is 0 Å². The Morgan fingerprint density at radius 2 is 1.91 bits per heavy atom. The number of nitrogens with zero attached hydrogens (tertiary/aromatic N) is 3. The number of carbonyl (C=O) groups excluding carboxylic acids is 1. The number of amides is 2. The maximum absolute atomic E-state index is 11.9. The summed E-state index contributed by atoms with van der Waals surface area (Å²) in [5.74, 6) is -0.311. The third kappa shape index (κ3) is 4.77. The van der Waals surface area contributed by atoms with Crippen molar-refractivity contribution in [2.75, 3.05) is 18.9 Å². The average Bonchev–Trinajstić information content (AvgIpc) is 2.53. The lowest BCUT2D eigenvalue weighted by Gasteiger charge is -2.17. The molecular weight excluding hydrogens is 296 g/mol. The first kappa shape index (κ1) is 16.4. The first-order valence-electron chi connectivity index (χ1n) is 7.09. The molecule has 2 rings (SSSR count). The summed E-state index contributed by atoms with van der Waals surface area (Å²) in [7, 11) is 1.55. The lowest BCUT2D eigenvalue weighted by Crippen LogP contribution is -2.33. The van der Waals surface area contributed by atoms with Crippen LogP contribution in [-0.4, -0.2) is 45.6 Å². The van der Waals surface area contributed by atoms with Crippen molar-refractivity contribution >= 4 is 17.7 Å². The number of hydrogen-bond donors (Lipinski definition) is 2. The van der Waals surface area contributed by atoms with E-state index in [2.05, 4.69) is 15.3 Å². The minimum absolute atomic E-state index is 0.0897. The smallest absolute Gasteiger partial charge is 0.321 e. The molecule has 2 amide bonds. The highest BCUT2D eigenvalue weighted by molar-refractivity contribution is 5.89. The summed E-state index contributed by atoms with van der Waals surface area (Å²) >= 11 is 0. The molecule has 0 aliphatic carbocycles. The highest BCUT2D eigenvalue weighted by atomic mass is 16.4. The Hall–Kier alpha value is -2.96. The minimum Gasteiger partial charge on any atom is -0.481 e. The van der Waals surface area contributed by atoms with Gasteiger partial charge in [-0.05, 0) is 37.3 Å². The summed E-state index contributed by atoms with van der Waals surface area (Å²) in [6.07, 6.45) is 1.61. The molecule has 0 atom stereocenters. The van der Waals surface area contributed by atoms with Gasteiger partial charge in [0.1, 0.15) is 0 Å². The monoisotopic (exact) mass is 314 g/mol. The summed E-state index contributed by atoms with van der Waals surface area (Å²) in [6, 6.07) is 8.62. The fourth-order valence-electron chi connectivity index (χ4n) is 1.87. The predicted molar refractivity (Wildman–Crippen MR) is 86.1 cm³/mol. The van der Waals surface area contributed by atoms with E-state index in [0.717, 1.165) is 11.3 Å². The molecule has 7 nitrogen and oxygen atoms in total. The highest BCUT2D eigenvalue weighted by Crippen LogP contribution is 2.18. The van der Waals surface area contributed by atoms with Crippen molar-refractivity contribution in [2.24, 2.45) is 0 Å². The van der Waals surface area contributed by atoms with Gasteiger partial charge in [0.2, 0.25) is 0 Å². The van der Waals surface area contributed by atoms with Gasteiger partial charge >= 0.3 is 12.0 Å².